The summed E-state index contributed by atoms with van der Waals surface area (Å²) in [4.78, 5) is 1.57. The Kier molecular flexibility index (Phi) is 4.39. The molecule has 1 aliphatic carbocycles. The van der Waals surface area contributed by atoms with Gasteiger partial charge in [0, 0.05) is 13.1 Å². The first-order valence-electron chi connectivity index (χ1n) is 5.68. The van der Waals surface area contributed by atoms with Gasteiger partial charge in [-0.05, 0) is 32.9 Å². The van der Waals surface area contributed by atoms with Gasteiger partial charge in [0.05, 0.1) is 12.5 Å². The number of hydrogen-bond acceptors (Lipinski definition) is 3. The van der Waals surface area contributed by atoms with Crippen LogP contribution in [0.4, 0.5) is 13.2 Å². The molecule has 6 heteroatoms. The Bertz CT molecular complexity index is 293. The highest BCUT2D eigenvalue weighted by molar-refractivity contribution is 5.16. The second-order valence-corrected chi connectivity index (χ2v) is 4.71. The highest BCUT2D eigenvalue weighted by atomic mass is 19.4. The molecule has 1 saturated carbocycles. The smallest absolute Gasteiger partial charge is 0.303 e. The third kappa shape index (κ3) is 4.17. The lowest BCUT2D eigenvalue weighted by atomic mass is 9.94. The molecule has 17 heavy (non-hydrogen) atoms. The van der Waals surface area contributed by atoms with Crippen molar-refractivity contribution in [2.75, 3.05) is 27.2 Å². The van der Waals surface area contributed by atoms with Crippen molar-refractivity contribution < 1.29 is 13.2 Å². The van der Waals surface area contributed by atoms with Crippen LogP contribution < -0.4 is 5.32 Å². The van der Waals surface area contributed by atoms with Crippen LogP contribution in [-0.4, -0.2) is 43.8 Å². The number of likely N-dealkylation sites (N-methyl/N-ethyl adjacent to an activating group) is 2. The van der Waals surface area contributed by atoms with E-state index < -0.39 is 18.1 Å². The molecule has 0 aromatic carbocycles. The van der Waals surface area contributed by atoms with Gasteiger partial charge in [-0.15, -0.1) is 0 Å². The molecule has 1 aliphatic rings. The summed E-state index contributed by atoms with van der Waals surface area (Å²) in [5.41, 5.74) is -0.694. The van der Waals surface area contributed by atoms with Crippen molar-refractivity contribution in [3.8, 4) is 6.07 Å². The predicted molar refractivity (Wildman–Crippen MR) is 58.3 cm³/mol. The summed E-state index contributed by atoms with van der Waals surface area (Å²) in [5, 5.41) is 12.2. The van der Waals surface area contributed by atoms with E-state index in [9.17, 15) is 18.4 Å². The van der Waals surface area contributed by atoms with Crippen LogP contribution in [0, 0.1) is 17.2 Å². The van der Waals surface area contributed by atoms with Gasteiger partial charge in [0.25, 0.3) is 0 Å². The first-order chi connectivity index (χ1) is 7.83. The molecule has 0 radical (unpaired) electrons. The summed E-state index contributed by atoms with van der Waals surface area (Å²) in [6.45, 7) is 0.266. The van der Waals surface area contributed by atoms with Gasteiger partial charge in [-0.25, -0.2) is 0 Å². The summed E-state index contributed by atoms with van der Waals surface area (Å²) in [6.07, 6.45) is -3.02. The highest BCUT2D eigenvalue weighted by Gasteiger charge is 2.45. The van der Waals surface area contributed by atoms with Crippen molar-refractivity contribution in [1.82, 2.24) is 10.2 Å². The minimum absolute atomic E-state index is 0.0681. The van der Waals surface area contributed by atoms with Gasteiger partial charge in [-0.1, -0.05) is 0 Å². The Hall–Kier alpha value is -0.800. The fourth-order valence-corrected chi connectivity index (χ4v) is 1.99. The van der Waals surface area contributed by atoms with Crippen LogP contribution in [0.1, 0.15) is 19.3 Å². The van der Waals surface area contributed by atoms with Crippen LogP contribution >= 0.6 is 0 Å². The minimum atomic E-state index is -4.14. The number of hydrogen-bond donors (Lipinski definition) is 1. The molecule has 0 saturated heterocycles. The van der Waals surface area contributed by atoms with Gasteiger partial charge in [-0.2, -0.15) is 18.4 Å². The number of nitrogens with one attached hydrogen (secondary N) is 1. The maximum atomic E-state index is 12.1. The van der Waals surface area contributed by atoms with Crippen LogP contribution in [0.5, 0.6) is 0 Å². The van der Waals surface area contributed by atoms with E-state index in [2.05, 4.69) is 11.4 Å². The second kappa shape index (κ2) is 5.23. The van der Waals surface area contributed by atoms with Crippen LogP contribution in [0.15, 0.2) is 0 Å². The summed E-state index contributed by atoms with van der Waals surface area (Å²) in [7, 11) is 3.32. The topological polar surface area (TPSA) is 39.1 Å². The number of alkyl halides is 3. The van der Waals surface area contributed by atoms with E-state index in [4.69, 9.17) is 0 Å². The quantitative estimate of drug-likeness (QED) is 0.779. The second-order valence-electron chi connectivity index (χ2n) is 4.71. The van der Waals surface area contributed by atoms with Gasteiger partial charge < -0.3 is 10.2 Å². The van der Waals surface area contributed by atoms with E-state index in [1.165, 1.54) is 0 Å². The van der Waals surface area contributed by atoms with Crippen molar-refractivity contribution in [3.63, 3.8) is 0 Å². The van der Waals surface area contributed by atoms with Crippen molar-refractivity contribution in [3.05, 3.63) is 0 Å². The van der Waals surface area contributed by atoms with E-state index in [-0.39, 0.29) is 12.5 Å². The minimum Gasteiger partial charge on any atom is -0.303 e. The zero-order chi connectivity index (χ0) is 13.1. The Morgan fingerprint density at radius 1 is 1.41 bits per heavy atom. The molecule has 0 spiro atoms. The molecule has 1 unspecified atom stereocenters. The van der Waals surface area contributed by atoms with Crippen molar-refractivity contribution in [2.24, 2.45) is 5.92 Å². The van der Waals surface area contributed by atoms with E-state index in [0.29, 0.717) is 6.54 Å². The first kappa shape index (κ1) is 14.3. The average molecular weight is 249 g/mol. The summed E-state index contributed by atoms with van der Waals surface area (Å²) < 4.78 is 36.2. The van der Waals surface area contributed by atoms with E-state index in [0.717, 1.165) is 12.8 Å². The Morgan fingerprint density at radius 2 is 2.00 bits per heavy atom. The maximum absolute atomic E-state index is 12.1. The molecule has 98 valence electrons. The SMILES string of the molecule is CNC(C#N)(CN(C)CCC(F)(F)F)C1CC1. The monoisotopic (exact) mass is 249 g/mol. The van der Waals surface area contributed by atoms with Gasteiger partial charge in [-0.3, -0.25) is 0 Å². The van der Waals surface area contributed by atoms with Gasteiger partial charge in [0.2, 0.25) is 0 Å². The number of halogens is 3. The van der Waals surface area contributed by atoms with Crippen molar-refractivity contribution in [1.29, 1.82) is 5.26 Å². The molecule has 0 aromatic heterocycles. The molecular weight excluding hydrogens is 231 g/mol. The molecule has 1 N–H and O–H groups in total. The molecule has 0 amide bonds. The van der Waals surface area contributed by atoms with E-state index in [1.807, 2.05) is 0 Å². The normalized spacial score (nSPS) is 20.1. The number of rotatable bonds is 6. The van der Waals surface area contributed by atoms with Crippen LogP contribution in [-0.2, 0) is 0 Å². The highest BCUT2D eigenvalue weighted by Crippen LogP contribution is 2.39. The number of nitriles is 1. The number of nitrogens with zero attached hydrogens (tertiary/aromatic N) is 2. The Balaban J connectivity index is 2.48. The zero-order valence-corrected chi connectivity index (χ0v) is 10.1. The molecule has 0 heterocycles. The molecule has 1 fully saturated rings. The van der Waals surface area contributed by atoms with E-state index in [1.54, 1.807) is 19.0 Å². The van der Waals surface area contributed by atoms with Gasteiger partial charge in [0.15, 0.2) is 0 Å². The summed E-state index contributed by atoms with van der Waals surface area (Å²) in [6, 6.07) is 2.22. The first-order valence-corrected chi connectivity index (χ1v) is 5.68. The standard InChI is InChI=1S/C11H18F3N3/c1-16-10(7-15,9-3-4-9)8-17(2)6-5-11(12,13)14/h9,16H,3-6,8H2,1-2H3. The largest absolute Gasteiger partial charge is 0.390 e. The fourth-order valence-electron chi connectivity index (χ4n) is 1.99. The van der Waals surface area contributed by atoms with Gasteiger partial charge >= 0.3 is 6.18 Å². The average Bonchev–Trinajstić information content (AvgIpc) is 3.06. The molecule has 0 aliphatic heterocycles. The van der Waals surface area contributed by atoms with Crippen LogP contribution in [0.25, 0.3) is 0 Å². The van der Waals surface area contributed by atoms with Crippen LogP contribution in [0.2, 0.25) is 0 Å². The Labute approximate surface area is 99.6 Å². The summed E-state index contributed by atoms with van der Waals surface area (Å²) >= 11 is 0. The van der Waals surface area contributed by atoms with Crippen LogP contribution in [0.3, 0.4) is 0 Å². The lowest BCUT2D eigenvalue weighted by Gasteiger charge is -2.31. The lowest BCUT2D eigenvalue weighted by Crippen LogP contribution is -2.52. The maximum Gasteiger partial charge on any atom is 0.390 e. The van der Waals surface area contributed by atoms with Crippen molar-refractivity contribution in [2.45, 2.75) is 31.0 Å². The van der Waals surface area contributed by atoms with Gasteiger partial charge in [0.1, 0.15) is 5.54 Å². The van der Waals surface area contributed by atoms with Crippen molar-refractivity contribution >= 4 is 0 Å². The van der Waals surface area contributed by atoms with E-state index >= 15 is 0 Å². The molecule has 0 aromatic rings. The fraction of sp³-hybridized carbons (Fsp3) is 0.909. The zero-order valence-electron chi connectivity index (χ0n) is 10.1. The third-order valence-corrected chi connectivity index (χ3v) is 3.22. The predicted octanol–water partition coefficient (Wildman–Crippen LogP) is 1.76. The molecule has 1 atom stereocenters. The molecule has 3 nitrogen and oxygen atoms in total. The Morgan fingerprint density at radius 3 is 2.35 bits per heavy atom. The molecule has 1 rings (SSSR count). The molecular formula is C11H18F3N3. The summed E-state index contributed by atoms with van der Waals surface area (Å²) in [5.74, 6) is 0.269. The lowest BCUT2D eigenvalue weighted by molar-refractivity contribution is -0.137. The third-order valence-electron chi connectivity index (χ3n) is 3.22. The molecule has 0 bridgehead atoms.